The molecule has 0 saturated carbocycles. The number of anilines is 1. The molecule has 0 aliphatic heterocycles. The van der Waals surface area contributed by atoms with Crippen molar-refractivity contribution < 1.29 is 4.39 Å². The predicted octanol–water partition coefficient (Wildman–Crippen LogP) is 3.60. The average Bonchev–Trinajstić information content (AvgIpc) is 2.27. The smallest absolute Gasteiger partial charge is 0.125 e. The lowest BCUT2D eigenvalue weighted by Gasteiger charge is -2.06. The van der Waals surface area contributed by atoms with E-state index in [0.29, 0.717) is 6.54 Å². The maximum absolute atomic E-state index is 12.9. The largest absolute Gasteiger partial charge is 0.381 e. The van der Waals surface area contributed by atoms with Gasteiger partial charge in [-0.05, 0) is 51.8 Å². The van der Waals surface area contributed by atoms with Gasteiger partial charge < -0.3 is 5.32 Å². The van der Waals surface area contributed by atoms with Crippen molar-refractivity contribution in [3.8, 4) is 0 Å². The van der Waals surface area contributed by atoms with Gasteiger partial charge in [0.25, 0.3) is 0 Å². The standard InChI is InChI=1S/C12H10BrFN2/c13-12-6-9(4-5-15-12)8-16-11-3-1-2-10(14)7-11/h1-7,16H,8H2. The molecular formula is C12H10BrFN2. The Morgan fingerprint density at radius 2 is 2.12 bits per heavy atom. The number of hydrogen-bond acceptors (Lipinski definition) is 2. The van der Waals surface area contributed by atoms with Gasteiger partial charge in [-0.15, -0.1) is 0 Å². The van der Waals surface area contributed by atoms with E-state index in [9.17, 15) is 4.39 Å². The number of pyridine rings is 1. The molecule has 1 heterocycles. The maximum Gasteiger partial charge on any atom is 0.125 e. The molecule has 0 radical (unpaired) electrons. The van der Waals surface area contributed by atoms with Crippen LogP contribution in [0.1, 0.15) is 5.56 Å². The number of halogens is 2. The Kier molecular flexibility index (Phi) is 3.51. The third kappa shape index (κ3) is 3.03. The topological polar surface area (TPSA) is 24.9 Å². The predicted molar refractivity (Wildman–Crippen MR) is 65.7 cm³/mol. The van der Waals surface area contributed by atoms with E-state index in [1.165, 1.54) is 12.1 Å². The highest BCUT2D eigenvalue weighted by Crippen LogP contribution is 2.12. The number of hydrogen-bond donors (Lipinski definition) is 1. The summed E-state index contributed by atoms with van der Waals surface area (Å²) in [5.74, 6) is -0.235. The molecule has 0 bridgehead atoms. The summed E-state index contributed by atoms with van der Waals surface area (Å²) in [6, 6.07) is 10.2. The number of aromatic nitrogens is 1. The molecule has 16 heavy (non-hydrogen) atoms. The molecule has 1 aromatic heterocycles. The monoisotopic (exact) mass is 280 g/mol. The quantitative estimate of drug-likeness (QED) is 0.869. The van der Waals surface area contributed by atoms with Crippen molar-refractivity contribution in [3.63, 3.8) is 0 Å². The fraction of sp³-hybridized carbons (Fsp3) is 0.0833. The lowest BCUT2D eigenvalue weighted by molar-refractivity contribution is 0.628. The summed E-state index contributed by atoms with van der Waals surface area (Å²) < 4.78 is 13.7. The van der Waals surface area contributed by atoms with Gasteiger partial charge in [-0.25, -0.2) is 9.37 Å². The molecule has 1 N–H and O–H groups in total. The Morgan fingerprint density at radius 1 is 1.25 bits per heavy atom. The molecule has 0 fully saturated rings. The third-order valence-corrected chi connectivity index (χ3v) is 2.55. The first kappa shape index (κ1) is 11.1. The zero-order valence-electron chi connectivity index (χ0n) is 8.45. The number of nitrogens with one attached hydrogen (secondary N) is 1. The zero-order valence-corrected chi connectivity index (χ0v) is 10.0. The van der Waals surface area contributed by atoms with E-state index < -0.39 is 0 Å². The van der Waals surface area contributed by atoms with E-state index in [0.717, 1.165) is 15.9 Å². The van der Waals surface area contributed by atoms with Gasteiger partial charge in [0.15, 0.2) is 0 Å². The second-order valence-electron chi connectivity index (χ2n) is 3.35. The molecule has 0 amide bonds. The summed E-state index contributed by atoms with van der Waals surface area (Å²) in [6.45, 7) is 0.643. The highest BCUT2D eigenvalue weighted by atomic mass is 79.9. The van der Waals surface area contributed by atoms with Crippen molar-refractivity contribution in [1.82, 2.24) is 4.98 Å². The highest BCUT2D eigenvalue weighted by molar-refractivity contribution is 9.10. The van der Waals surface area contributed by atoms with Crippen LogP contribution in [0.5, 0.6) is 0 Å². The minimum Gasteiger partial charge on any atom is -0.381 e. The Hall–Kier alpha value is -1.42. The number of benzene rings is 1. The lowest BCUT2D eigenvalue weighted by Crippen LogP contribution is -1.99. The van der Waals surface area contributed by atoms with Crippen LogP contribution in [0.15, 0.2) is 47.2 Å². The Bertz CT molecular complexity index is 442. The summed E-state index contributed by atoms with van der Waals surface area (Å²) in [5.41, 5.74) is 1.86. The van der Waals surface area contributed by atoms with E-state index in [4.69, 9.17) is 0 Å². The van der Waals surface area contributed by atoms with Gasteiger partial charge in [0.05, 0.1) is 0 Å². The van der Waals surface area contributed by atoms with Crippen molar-refractivity contribution in [3.05, 3.63) is 58.6 Å². The third-order valence-electron chi connectivity index (χ3n) is 2.11. The van der Waals surface area contributed by atoms with E-state index in [2.05, 4.69) is 26.2 Å². The Labute approximate surface area is 102 Å². The minimum absolute atomic E-state index is 0.235. The SMILES string of the molecule is Fc1cccc(NCc2ccnc(Br)c2)c1. The molecule has 0 aliphatic rings. The second-order valence-corrected chi connectivity index (χ2v) is 4.16. The fourth-order valence-corrected chi connectivity index (χ4v) is 1.77. The Balaban J connectivity index is 2.02. The fourth-order valence-electron chi connectivity index (χ4n) is 1.36. The molecule has 2 rings (SSSR count). The Morgan fingerprint density at radius 3 is 2.88 bits per heavy atom. The van der Waals surface area contributed by atoms with Gasteiger partial charge in [-0.3, -0.25) is 0 Å². The summed E-state index contributed by atoms with van der Waals surface area (Å²) in [7, 11) is 0. The van der Waals surface area contributed by atoms with Crippen LogP contribution in [0.3, 0.4) is 0 Å². The summed E-state index contributed by atoms with van der Waals surface area (Å²) in [4.78, 5) is 4.04. The van der Waals surface area contributed by atoms with Gasteiger partial charge >= 0.3 is 0 Å². The average molecular weight is 281 g/mol. The van der Waals surface area contributed by atoms with Crippen molar-refractivity contribution in [2.75, 3.05) is 5.32 Å². The van der Waals surface area contributed by atoms with Crippen LogP contribution in [0.25, 0.3) is 0 Å². The molecule has 0 saturated heterocycles. The molecule has 0 spiro atoms. The van der Waals surface area contributed by atoms with E-state index in [-0.39, 0.29) is 5.82 Å². The normalized spacial score (nSPS) is 10.1. The highest BCUT2D eigenvalue weighted by Gasteiger charge is 1.96. The lowest BCUT2D eigenvalue weighted by atomic mass is 10.2. The van der Waals surface area contributed by atoms with Crippen LogP contribution in [0, 0.1) is 5.82 Å². The first-order valence-electron chi connectivity index (χ1n) is 4.84. The molecule has 0 unspecified atom stereocenters. The molecular weight excluding hydrogens is 271 g/mol. The molecule has 1 aromatic carbocycles. The minimum atomic E-state index is -0.235. The van der Waals surface area contributed by atoms with Crippen molar-refractivity contribution in [2.24, 2.45) is 0 Å². The van der Waals surface area contributed by atoms with E-state index >= 15 is 0 Å². The van der Waals surface area contributed by atoms with Gasteiger partial charge in [0, 0.05) is 18.4 Å². The molecule has 82 valence electrons. The van der Waals surface area contributed by atoms with Gasteiger partial charge in [0.1, 0.15) is 10.4 Å². The zero-order chi connectivity index (χ0) is 11.4. The van der Waals surface area contributed by atoms with Gasteiger partial charge in [-0.1, -0.05) is 6.07 Å². The summed E-state index contributed by atoms with van der Waals surface area (Å²) >= 11 is 3.30. The number of nitrogens with zero attached hydrogens (tertiary/aromatic N) is 1. The summed E-state index contributed by atoms with van der Waals surface area (Å²) in [6.07, 6.45) is 1.73. The molecule has 2 nitrogen and oxygen atoms in total. The maximum atomic E-state index is 12.9. The van der Waals surface area contributed by atoms with Crippen LogP contribution in [-0.2, 0) is 6.54 Å². The van der Waals surface area contributed by atoms with Crippen LogP contribution in [0.4, 0.5) is 10.1 Å². The molecule has 0 aliphatic carbocycles. The second kappa shape index (κ2) is 5.07. The van der Waals surface area contributed by atoms with E-state index in [1.54, 1.807) is 12.3 Å². The molecule has 0 atom stereocenters. The number of rotatable bonds is 3. The van der Waals surface area contributed by atoms with Crippen LogP contribution in [0.2, 0.25) is 0 Å². The van der Waals surface area contributed by atoms with Gasteiger partial charge in [0.2, 0.25) is 0 Å². The van der Waals surface area contributed by atoms with Crippen LogP contribution >= 0.6 is 15.9 Å². The van der Waals surface area contributed by atoms with Crippen molar-refractivity contribution in [1.29, 1.82) is 0 Å². The van der Waals surface area contributed by atoms with Crippen LogP contribution in [-0.4, -0.2) is 4.98 Å². The van der Waals surface area contributed by atoms with Crippen LogP contribution < -0.4 is 5.32 Å². The van der Waals surface area contributed by atoms with Crippen molar-refractivity contribution >= 4 is 21.6 Å². The first-order valence-corrected chi connectivity index (χ1v) is 5.63. The van der Waals surface area contributed by atoms with E-state index in [1.807, 2.05) is 18.2 Å². The van der Waals surface area contributed by atoms with Crippen molar-refractivity contribution in [2.45, 2.75) is 6.54 Å². The summed E-state index contributed by atoms with van der Waals surface area (Å²) in [5, 5.41) is 3.14. The first-order chi connectivity index (χ1) is 7.74. The van der Waals surface area contributed by atoms with Gasteiger partial charge in [-0.2, -0.15) is 0 Å². The molecule has 2 aromatic rings. The molecule has 4 heteroatoms.